The van der Waals surface area contributed by atoms with Crippen molar-refractivity contribution in [3.8, 4) is 6.07 Å². The van der Waals surface area contributed by atoms with Gasteiger partial charge in [-0.05, 0) is 190 Å². The third-order valence-corrected chi connectivity index (χ3v) is 32.8. The number of aromatic amines is 6. The van der Waals surface area contributed by atoms with E-state index in [2.05, 4.69) is 236 Å². The van der Waals surface area contributed by atoms with E-state index in [0.29, 0.717) is 79.0 Å². The van der Waals surface area contributed by atoms with Gasteiger partial charge in [-0.3, -0.25) is 59.4 Å². The number of alkyl halides is 3. The number of benzene rings is 6. The van der Waals surface area contributed by atoms with E-state index >= 15 is 0 Å². The molecule has 0 radical (unpaired) electrons. The highest BCUT2D eigenvalue weighted by Gasteiger charge is 2.51. The van der Waals surface area contributed by atoms with Gasteiger partial charge in [0.1, 0.15) is 0 Å². The number of nitrogens with one attached hydrogen (secondary N) is 6. The molecule has 24 rings (SSSR count). The van der Waals surface area contributed by atoms with Crippen molar-refractivity contribution < 1.29 is 41.9 Å². The number of nitriles is 1. The standard InChI is InChI=1S/C21H21F3N2O.3C21H21N3O.2C21H24N2O/c1-11-17-15(26-25-11)8-13-9-20(2,3)10-16(27)18(13)19(17)12-4-6-14(7-5-12)21(22,23)24;1-12-18-16(24-23-12)9-14-10-21(2,3)11-17(25)19(14)20(18)13-6-5-7-15(8-13)22-4;1-12-18-16(24-23-12)9-13-10-21(2,3)11-17(25)19(13)20(18)14-7-5-6-8-15(14)22-4;1-12-18-16(24-23-12)8-15-9-21(2,3)10-17(25)19(15)20(18)14-6-4-13(11-22)5-7-14;1-12-6-5-7-14(8-12)20-18-13(2)22-23-16(18)9-15-10-21(3,4)11-17(24)19(15)20;1-12-7-5-6-8-15(12)20-18-13(2)22-23-16(18)9-14-10-21(3,4)11-17(24)19(14)20/h4-7,19H,8-10H2,1-3H3,(H,25,26);2*5-8,20H,9-11H2,1-3H3,(H,23,24);4-7,20H,8-10H2,1-3H3,(H,23,24);2*5-8,20H,9-11H2,1-4H3,(H,22,23)/t;;20-;;;20-/m..1..1/s1. The Morgan fingerprint density at radius 1 is 0.313 bits per heavy atom. The van der Waals surface area contributed by atoms with Crippen LogP contribution in [0.3, 0.4) is 0 Å². The second-order valence-electron chi connectivity index (χ2n) is 48.7. The van der Waals surface area contributed by atoms with E-state index in [4.69, 9.17) is 18.4 Å². The van der Waals surface area contributed by atoms with Gasteiger partial charge < -0.3 is 0 Å². The summed E-state index contributed by atoms with van der Waals surface area (Å²) in [6, 6.07) is 47.2. The Kier molecular flexibility index (Phi) is 27.2. The lowest BCUT2D eigenvalue weighted by Crippen LogP contribution is -2.32. The van der Waals surface area contributed by atoms with Gasteiger partial charge in [0.2, 0.25) is 0 Å². The van der Waals surface area contributed by atoms with E-state index in [-0.39, 0.29) is 91.1 Å². The number of hydrogen-bond acceptors (Lipinski definition) is 13. The first kappa shape index (κ1) is 104. The largest absolute Gasteiger partial charge is 0.416 e. The Bertz CT molecular complexity index is 7930. The van der Waals surface area contributed by atoms with Gasteiger partial charge >= 0.3 is 6.18 Å². The molecule has 4 unspecified atom stereocenters. The normalized spacial score (nSPS) is 21.8. The fraction of sp³-hybridized carbons (Fsp3) is 0.405. The first-order chi connectivity index (χ1) is 71.0. The molecule has 150 heavy (non-hydrogen) atoms. The number of allylic oxidation sites excluding steroid dienone is 12. The van der Waals surface area contributed by atoms with E-state index in [1.54, 1.807) is 0 Å². The van der Waals surface area contributed by atoms with Crippen LogP contribution < -0.4 is 0 Å². The summed E-state index contributed by atoms with van der Waals surface area (Å²) in [6.45, 7) is 57.1. The zero-order valence-electron chi connectivity index (χ0n) is 89.7. The molecule has 6 aromatic carbocycles. The predicted octanol–water partition coefficient (Wildman–Crippen LogP) is 27.2. The maximum absolute atomic E-state index is 13.1. The van der Waals surface area contributed by atoms with Crippen LogP contribution in [0.2, 0.25) is 0 Å². The van der Waals surface area contributed by atoms with Gasteiger partial charge in [0.05, 0.1) is 64.5 Å². The Hall–Kier alpha value is -14.7. The van der Waals surface area contributed by atoms with Crippen LogP contribution in [0.4, 0.5) is 24.5 Å². The van der Waals surface area contributed by atoms with Crippen LogP contribution in [0.15, 0.2) is 212 Å². The molecule has 6 aromatic heterocycles. The van der Waals surface area contributed by atoms with Crippen molar-refractivity contribution >= 4 is 46.1 Å². The van der Waals surface area contributed by atoms with Crippen molar-refractivity contribution in [2.75, 3.05) is 0 Å². The average Bonchev–Trinajstić information content (AvgIpc) is 1.48. The molecule has 0 saturated heterocycles. The van der Waals surface area contributed by atoms with Gasteiger partial charge in [0.15, 0.2) is 46.1 Å². The van der Waals surface area contributed by atoms with E-state index in [1.165, 1.54) is 73.4 Å². The minimum atomic E-state index is -4.38. The van der Waals surface area contributed by atoms with Crippen LogP contribution in [-0.2, 0) is 73.5 Å². The Morgan fingerprint density at radius 2 is 0.587 bits per heavy atom. The van der Waals surface area contributed by atoms with Crippen molar-refractivity contribution in [2.45, 2.75) is 296 Å². The number of Topliss-reactive ketones (excluding diaryl/α,β-unsaturated/α-hetero) is 6. The fourth-order valence-corrected chi connectivity index (χ4v) is 27.0. The maximum atomic E-state index is 13.1. The maximum Gasteiger partial charge on any atom is 0.416 e. The van der Waals surface area contributed by atoms with Gasteiger partial charge in [-0.15, -0.1) is 0 Å². The Morgan fingerprint density at radius 3 is 0.887 bits per heavy atom. The minimum absolute atomic E-state index is 0.00167. The third kappa shape index (κ3) is 20.0. The third-order valence-electron chi connectivity index (χ3n) is 32.8. The van der Waals surface area contributed by atoms with Crippen LogP contribution in [0.25, 0.3) is 9.69 Å². The first-order valence-corrected chi connectivity index (χ1v) is 52.5. The van der Waals surface area contributed by atoms with Crippen molar-refractivity contribution in [1.29, 1.82) is 5.26 Å². The zero-order valence-corrected chi connectivity index (χ0v) is 89.7. The molecule has 6 N–H and O–H groups in total. The summed E-state index contributed by atoms with van der Waals surface area (Å²) in [5.41, 5.74) is 41.7. The number of H-pyrrole nitrogens is 6. The monoisotopic (exact) mass is 2010 g/mol. The summed E-state index contributed by atoms with van der Waals surface area (Å²) in [4.78, 5) is 85.7. The SMILES string of the molecule is Cc1[nH]nc2c1C(c1ccc(C#N)cc1)C1=C(C2)CC(C)(C)CC1=O.Cc1[nH]nc2c1C(c1ccc(C(F)(F)F)cc1)C1=C(C2)CC(C)(C)CC1=O.Cc1cccc(C2C3=C(Cc4n[nH]c(C)c42)CC(C)(C)CC3=O)c1.Cc1ccccc1[C@H]1C2=C(Cc3n[nH]c(C)c31)CC(C)(C)CC2=O.[C-]#[N+]c1cccc(C2C3=C(Cc4n[nH]c(C)c42)CC(C)(C)CC3=O)c1.[C-]#[N+]c1ccccc1[C@H]1C2=C(Cc3n[nH]c(C)c31)CC(C)(C)CC2=O. The highest BCUT2D eigenvalue weighted by Crippen LogP contribution is 2.59. The van der Waals surface area contributed by atoms with E-state index in [9.17, 15) is 41.9 Å². The van der Waals surface area contributed by atoms with Crippen LogP contribution in [-0.4, -0.2) is 95.9 Å². The number of nitrogens with zero attached hydrogens (tertiary/aromatic N) is 9. The van der Waals surface area contributed by atoms with Gasteiger partial charge in [-0.25, -0.2) is 9.69 Å². The molecule has 12 aliphatic rings. The van der Waals surface area contributed by atoms with Crippen LogP contribution >= 0.6 is 0 Å². The average molecular weight is 2010 g/mol. The lowest BCUT2D eigenvalue weighted by molar-refractivity contribution is -0.137. The molecule has 6 heterocycles. The molecule has 0 fully saturated rings. The number of aromatic nitrogens is 12. The molecule has 0 bridgehead atoms. The summed E-state index contributed by atoms with van der Waals surface area (Å²) in [5, 5.41) is 54.7. The molecule has 6 atom stereocenters. The highest BCUT2D eigenvalue weighted by molar-refractivity contribution is 6.05. The minimum Gasteiger partial charge on any atom is -0.294 e. The quantitative estimate of drug-likeness (QED) is 0.0845. The van der Waals surface area contributed by atoms with Gasteiger partial charge in [-0.2, -0.15) is 49.0 Å². The number of carbonyl (C=O) groups excluding carboxylic acids is 6. The number of rotatable bonds is 6. The zero-order chi connectivity index (χ0) is 107. The summed E-state index contributed by atoms with van der Waals surface area (Å²) in [6.07, 6.45) is 9.14. The molecule has 12 aliphatic carbocycles. The number of aryl methyl sites for hydroxylation is 8. The second kappa shape index (κ2) is 39.3. The van der Waals surface area contributed by atoms with Crippen LogP contribution in [0.1, 0.15) is 353 Å². The predicted molar refractivity (Wildman–Crippen MR) is 574 cm³/mol. The Balaban J connectivity index is 0.000000113. The Labute approximate surface area is 876 Å². The smallest absolute Gasteiger partial charge is 0.294 e. The lowest BCUT2D eigenvalue weighted by Gasteiger charge is -2.38. The van der Waals surface area contributed by atoms with E-state index in [0.717, 1.165) is 229 Å². The summed E-state index contributed by atoms with van der Waals surface area (Å²) >= 11 is 0. The molecule has 0 amide bonds. The van der Waals surface area contributed by atoms with Gasteiger partial charge in [-0.1, -0.05) is 243 Å². The number of ketones is 6. The van der Waals surface area contributed by atoms with Gasteiger partial charge in [0.25, 0.3) is 0 Å². The summed E-state index contributed by atoms with van der Waals surface area (Å²) in [5.74, 6) is 0.816. The molecule has 0 spiro atoms. The van der Waals surface area contributed by atoms with Crippen molar-refractivity contribution in [2.24, 2.45) is 32.5 Å². The van der Waals surface area contributed by atoms with E-state index < -0.39 is 11.7 Å². The van der Waals surface area contributed by atoms with Gasteiger partial charge in [0, 0.05) is 214 Å². The molecule has 21 nitrogen and oxygen atoms in total. The van der Waals surface area contributed by atoms with E-state index in [1.807, 2.05) is 100 Å². The van der Waals surface area contributed by atoms with Crippen molar-refractivity contribution in [3.63, 3.8) is 0 Å². The molecule has 768 valence electrons. The van der Waals surface area contributed by atoms with Crippen molar-refractivity contribution in [1.82, 2.24) is 61.2 Å². The number of carbonyl (C=O) groups is 6. The first-order valence-electron chi connectivity index (χ1n) is 52.5. The molecule has 0 saturated carbocycles. The fourth-order valence-electron chi connectivity index (χ4n) is 27.0. The molecule has 24 heteroatoms. The highest BCUT2D eigenvalue weighted by atomic mass is 19.4. The van der Waals surface area contributed by atoms with Crippen LogP contribution in [0.5, 0.6) is 0 Å². The number of fused-ring (bicyclic) bond motifs is 6. The van der Waals surface area contributed by atoms with Crippen molar-refractivity contribution in [3.05, 3.63) is 393 Å². The number of halogens is 3. The lowest BCUT2D eigenvalue weighted by atomic mass is 9.64. The topological polar surface area (TPSA) is 307 Å². The number of hydrogen-bond donors (Lipinski definition) is 6. The summed E-state index contributed by atoms with van der Waals surface area (Å²) < 4.78 is 38.9. The number of para-hydroxylation sites is 1. The molecule has 12 aromatic rings. The second-order valence-corrected chi connectivity index (χ2v) is 48.7. The molecule has 0 aliphatic heterocycles. The summed E-state index contributed by atoms with van der Waals surface area (Å²) in [7, 11) is 0. The van der Waals surface area contributed by atoms with Crippen LogP contribution in [0, 0.1) is 112 Å². The molecular formula is C126H132F3N15O6. The molecular weight excluding hydrogens is 1880 g/mol.